The zero-order chi connectivity index (χ0) is 13.2. The molecule has 0 aromatic heterocycles. The number of ether oxygens (including phenoxy) is 1. The molecule has 100 valence electrons. The standard InChI is InChI=1S/C12H17NO4S/c1-2-10(8-14)13-18(15,16)11-3-4-12-9(7-11)5-6-17-12/h3-4,7,10,13-14H,2,5-6,8H2,1H3/t10-/m1/s1. The maximum atomic E-state index is 12.1. The number of sulfonamides is 1. The second kappa shape index (κ2) is 5.26. The van der Waals surface area contributed by atoms with E-state index in [0.29, 0.717) is 13.0 Å². The molecule has 1 heterocycles. The van der Waals surface area contributed by atoms with E-state index in [1.807, 2.05) is 6.92 Å². The van der Waals surface area contributed by atoms with Gasteiger partial charge in [0.2, 0.25) is 10.0 Å². The normalized spacial score (nSPS) is 16.1. The van der Waals surface area contributed by atoms with Crippen LogP contribution in [0.25, 0.3) is 0 Å². The van der Waals surface area contributed by atoms with Gasteiger partial charge in [-0.25, -0.2) is 13.1 Å². The van der Waals surface area contributed by atoms with Gasteiger partial charge in [0.15, 0.2) is 0 Å². The first kappa shape index (κ1) is 13.3. The van der Waals surface area contributed by atoms with Crippen LogP contribution in [0.4, 0.5) is 0 Å². The molecule has 0 bridgehead atoms. The van der Waals surface area contributed by atoms with Crippen LogP contribution in [0.1, 0.15) is 18.9 Å². The number of nitrogens with one attached hydrogen (secondary N) is 1. The molecule has 2 N–H and O–H groups in total. The molecular formula is C12H17NO4S. The molecule has 18 heavy (non-hydrogen) atoms. The third kappa shape index (κ3) is 2.66. The Morgan fingerprint density at radius 3 is 2.94 bits per heavy atom. The topological polar surface area (TPSA) is 75.6 Å². The lowest BCUT2D eigenvalue weighted by atomic mass is 10.2. The van der Waals surface area contributed by atoms with Gasteiger partial charge in [-0.1, -0.05) is 6.92 Å². The molecular weight excluding hydrogens is 254 g/mol. The summed E-state index contributed by atoms with van der Waals surface area (Å²) in [5, 5.41) is 9.04. The Labute approximate surface area is 107 Å². The van der Waals surface area contributed by atoms with Crippen LogP contribution in [-0.4, -0.2) is 32.8 Å². The summed E-state index contributed by atoms with van der Waals surface area (Å²) in [6.07, 6.45) is 1.28. The molecule has 0 spiro atoms. The van der Waals surface area contributed by atoms with E-state index < -0.39 is 16.1 Å². The first-order valence-electron chi connectivity index (χ1n) is 5.95. The van der Waals surface area contributed by atoms with Crippen molar-refractivity contribution in [2.75, 3.05) is 13.2 Å². The molecule has 1 aliphatic heterocycles. The van der Waals surface area contributed by atoms with Crippen molar-refractivity contribution in [3.63, 3.8) is 0 Å². The van der Waals surface area contributed by atoms with E-state index in [-0.39, 0.29) is 11.5 Å². The fourth-order valence-corrected chi connectivity index (χ4v) is 3.23. The van der Waals surface area contributed by atoms with E-state index in [9.17, 15) is 8.42 Å². The highest BCUT2D eigenvalue weighted by atomic mass is 32.2. The Morgan fingerprint density at radius 1 is 1.50 bits per heavy atom. The zero-order valence-corrected chi connectivity index (χ0v) is 11.0. The summed E-state index contributed by atoms with van der Waals surface area (Å²) in [4.78, 5) is 0.221. The minimum Gasteiger partial charge on any atom is -0.493 e. The molecule has 1 aromatic carbocycles. The summed E-state index contributed by atoms with van der Waals surface area (Å²) in [6.45, 7) is 2.21. The van der Waals surface area contributed by atoms with Crippen LogP contribution in [0.3, 0.4) is 0 Å². The Balaban J connectivity index is 2.24. The molecule has 0 unspecified atom stereocenters. The number of fused-ring (bicyclic) bond motifs is 1. The van der Waals surface area contributed by atoms with Crippen molar-refractivity contribution in [1.82, 2.24) is 4.72 Å². The summed E-state index contributed by atoms with van der Waals surface area (Å²) in [5.41, 5.74) is 0.912. The van der Waals surface area contributed by atoms with Crippen LogP contribution in [0.2, 0.25) is 0 Å². The summed E-state index contributed by atoms with van der Waals surface area (Å²) in [7, 11) is -3.57. The zero-order valence-electron chi connectivity index (χ0n) is 10.2. The highest BCUT2D eigenvalue weighted by Crippen LogP contribution is 2.27. The molecule has 0 saturated heterocycles. The third-order valence-electron chi connectivity index (χ3n) is 3.01. The monoisotopic (exact) mass is 271 g/mol. The Morgan fingerprint density at radius 2 is 2.28 bits per heavy atom. The molecule has 5 nitrogen and oxygen atoms in total. The first-order valence-corrected chi connectivity index (χ1v) is 7.44. The minimum absolute atomic E-state index is 0.205. The summed E-state index contributed by atoms with van der Waals surface area (Å²) in [5.74, 6) is 0.753. The van der Waals surface area contributed by atoms with E-state index >= 15 is 0 Å². The smallest absolute Gasteiger partial charge is 0.240 e. The van der Waals surface area contributed by atoms with E-state index in [2.05, 4.69) is 4.72 Å². The predicted molar refractivity (Wildman–Crippen MR) is 67.1 cm³/mol. The molecule has 0 saturated carbocycles. The average molecular weight is 271 g/mol. The van der Waals surface area contributed by atoms with Crippen molar-refractivity contribution in [1.29, 1.82) is 0 Å². The Bertz CT molecular complexity index is 523. The van der Waals surface area contributed by atoms with Crippen molar-refractivity contribution < 1.29 is 18.3 Å². The van der Waals surface area contributed by atoms with Crippen LogP contribution in [0.5, 0.6) is 5.75 Å². The van der Waals surface area contributed by atoms with Crippen LogP contribution >= 0.6 is 0 Å². The van der Waals surface area contributed by atoms with Crippen molar-refractivity contribution in [3.8, 4) is 5.75 Å². The number of aliphatic hydroxyl groups is 1. The van der Waals surface area contributed by atoms with Crippen LogP contribution in [-0.2, 0) is 16.4 Å². The third-order valence-corrected chi connectivity index (χ3v) is 4.52. The average Bonchev–Trinajstić information content (AvgIpc) is 2.83. The van der Waals surface area contributed by atoms with Crippen LogP contribution < -0.4 is 9.46 Å². The van der Waals surface area contributed by atoms with E-state index in [0.717, 1.165) is 17.7 Å². The summed E-state index contributed by atoms with van der Waals surface area (Å²) >= 11 is 0. The lowest BCUT2D eigenvalue weighted by molar-refractivity contribution is 0.254. The molecule has 1 atom stereocenters. The van der Waals surface area contributed by atoms with Gasteiger partial charge < -0.3 is 9.84 Å². The van der Waals surface area contributed by atoms with Crippen LogP contribution in [0, 0.1) is 0 Å². The second-order valence-corrected chi connectivity index (χ2v) is 5.99. The fraction of sp³-hybridized carbons (Fsp3) is 0.500. The predicted octanol–water partition coefficient (Wildman–Crippen LogP) is 0.671. The van der Waals surface area contributed by atoms with E-state index in [4.69, 9.17) is 9.84 Å². The Kier molecular flexibility index (Phi) is 3.89. The quantitative estimate of drug-likeness (QED) is 0.825. The molecule has 6 heteroatoms. The van der Waals surface area contributed by atoms with Gasteiger partial charge in [-0.05, 0) is 30.2 Å². The van der Waals surface area contributed by atoms with Gasteiger partial charge in [0.25, 0.3) is 0 Å². The SMILES string of the molecule is CC[C@H](CO)NS(=O)(=O)c1ccc2c(c1)CCO2. The van der Waals surface area contributed by atoms with E-state index in [1.54, 1.807) is 12.1 Å². The van der Waals surface area contributed by atoms with Gasteiger partial charge in [-0.3, -0.25) is 0 Å². The number of aliphatic hydroxyl groups excluding tert-OH is 1. The molecule has 2 rings (SSSR count). The van der Waals surface area contributed by atoms with Gasteiger partial charge in [-0.15, -0.1) is 0 Å². The van der Waals surface area contributed by atoms with Crippen molar-refractivity contribution in [2.45, 2.75) is 30.7 Å². The van der Waals surface area contributed by atoms with Gasteiger partial charge in [-0.2, -0.15) is 0 Å². The molecule has 0 aliphatic carbocycles. The number of rotatable bonds is 5. The lowest BCUT2D eigenvalue weighted by Crippen LogP contribution is -2.36. The van der Waals surface area contributed by atoms with E-state index in [1.165, 1.54) is 6.07 Å². The van der Waals surface area contributed by atoms with Crippen LogP contribution in [0.15, 0.2) is 23.1 Å². The van der Waals surface area contributed by atoms with Gasteiger partial charge >= 0.3 is 0 Å². The minimum atomic E-state index is -3.57. The number of hydrogen-bond acceptors (Lipinski definition) is 4. The van der Waals surface area contributed by atoms with Crippen molar-refractivity contribution >= 4 is 10.0 Å². The van der Waals surface area contributed by atoms with Gasteiger partial charge in [0, 0.05) is 12.5 Å². The summed E-state index contributed by atoms with van der Waals surface area (Å²) < 4.78 is 32.0. The number of benzene rings is 1. The molecule has 0 fully saturated rings. The van der Waals surface area contributed by atoms with Crippen molar-refractivity contribution in [2.24, 2.45) is 0 Å². The molecule has 1 aromatic rings. The summed E-state index contributed by atoms with van der Waals surface area (Å²) in [6, 6.07) is 4.39. The second-order valence-electron chi connectivity index (χ2n) is 4.28. The lowest BCUT2D eigenvalue weighted by Gasteiger charge is -2.14. The first-order chi connectivity index (χ1) is 8.56. The maximum Gasteiger partial charge on any atom is 0.240 e. The Hall–Kier alpha value is -1.11. The van der Waals surface area contributed by atoms with Gasteiger partial charge in [0.1, 0.15) is 5.75 Å². The maximum absolute atomic E-state index is 12.1. The highest BCUT2D eigenvalue weighted by molar-refractivity contribution is 7.89. The molecule has 1 aliphatic rings. The molecule has 0 amide bonds. The number of hydrogen-bond donors (Lipinski definition) is 2. The molecule has 0 radical (unpaired) electrons. The fourth-order valence-electron chi connectivity index (χ4n) is 1.87. The largest absolute Gasteiger partial charge is 0.493 e. The van der Waals surface area contributed by atoms with Crippen molar-refractivity contribution in [3.05, 3.63) is 23.8 Å². The highest BCUT2D eigenvalue weighted by Gasteiger charge is 2.21. The van der Waals surface area contributed by atoms with Gasteiger partial charge in [0.05, 0.1) is 18.1 Å².